The highest BCUT2D eigenvalue weighted by Gasteiger charge is 1.91. The van der Waals surface area contributed by atoms with Gasteiger partial charge in [-0.05, 0) is 12.1 Å². The van der Waals surface area contributed by atoms with Crippen molar-refractivity contribution >= 4 is 5.82 Å². The molecule has 11 heavy (non-hydrogen) atoms. The lowest BCUT2D eigenvalue weighted by molar-refractivity contribution is 0.201. The lowest BCUT2D eigenvalue weighted by atomic mass is 10.4. The Bertz CT molecular complexity index is 210. The van der Waals surface area contributed by atoms with Gasteiger partial charge in [0.15, 0.2) is 0 Å². The third-order valence-corrected chi connectivity index (χ3v) is 1.12. The molecule has 60 valence electrons. The van der Waals surface area contributed by atoms with Gasteiger partial charge in [-0.25, -0.2) is 4.98 Å². The number of ether oxygens (including phenoxy) is 1. The molecular formula is C7H10N2O2. The minimum absolute atomic E-state index is 0.00434. The van der Waals surface area contributed by atoms with E-state index in [1.165, 1.54) is 6.20 Å². The van der Waals surface area contributed by atoms with Crippen LogP contribution in [0, 0.1) is 0 Å². The van der Waals surface area contributed by atoms with E-state index in [2.05, 4.69) is 4.98 Å². The number of nitrogen functional groups attached to an aromatic ring is 1. The second-order valence-corrected chi connectivity index (χ2v) is 1.99. The lowest BCUT2D eigenvalue weighted by Gasteiger charge is -2.02. The number of anilines is 1. The molecule has 0 aliphatic carbocycles. The number of nitrogens with two attached hydrogens (primary N) is 1. The molecule has 0 aromatic carbocycles. The van der Waals surface area contributed by atoms with Gasteiger partial charge in [0.1, 0.15) is 18.2 Å². The molecular weight excluding hydrogens is 144 g/mol. The van der Waals surface area contributed by atoms with E-state index in [9.17, 15) is 0 Å². The molecule has 4 heteroatoms. The fraction of sp³-hybridized carbons (Fsp3) is 0.286. The first-order chi connectivity index (χ1) is 5.33. The van der Waals surface area contributed by atoms with E-state index in [1.807, 2.05) is 0 Å². The molecule has 3 N–H and O–H groups in total. The molecule has 0 amide bonds. The average Bonchev–Trinajstić information content (AvgIpc) is 2.04. The minimum atomic E-state index is 0.00434. The first-order valence-electron chi connectivity index (χ1n) is 3.28. The molecule has 1 aromatic heterocycles. The summed E-state index contributed by atoms with van der Waals surface area (Å²) in [5, 5.41) is 8.41. The summed E-state index contributed by atoms with van der Waals surface area (Å²) in [4.78, 5) is 3.80. The van der Waals surface area contributed by atoms with Crippen LogP contribution in [0.5, 0.6) is 5.75 Å². The van der Waals surface area contributed by atoms with Gasteiger partial charge in [0.2, 0.25) is 0 Å². The van der Waals surface area contributed by atoms with Crippen molar-refractivity contribution in [3.8, 4) is 5.75 Å². The van der Waals surface area contributed by atoms with Gasteiger partial charge in [0.05, 0.1) is 12.8 Å². The van der Waals surface area contributed by atoms with Crippen LogP contribution < -0.4 is 10.5 Å². The predicted molar refractivity (Wildman–Crippen MR) is 41.2 cm³/mol. The van der Waals surface area contributed by atoms with E-state index in [-0.39, 0.29) is 13.2 Å². The smallest absolute Gasteiger partial charge is 0.137 e. The summed E-state index contributed by atoms with van der Waals surface area (Å²) in [5.74, 6) is 1.08. The number of hydrogen-bond donors (Lipinski definition) is 2. The number of aromatic nitrogens is 1. The maximum atomic E-state index is 8.41. The van der Waals surface area contributed by atoms with E-state index in [4.69, 9.17) is 15.6 Å². The normalized spacial score (nSPS) is 9.55. The largest absolute Gasteiger partial charge is 0.490 e. The van der Waals surface area contributed by atoms with Crippen molar-refractivity contribution < 1.29 is 9.84 Å². The zero-order valence-electron chi connectivity index (χ0n) is 6.03. The molecule has 4 nitrogen and oxygen atoms in total. The van der Waals surface area contributed by atoms with Gasteiger partial charge in [0.25, 0.3) is 0 Å². The molecule has 0 bridgehead atoms. The Morgan fingerprint density at radius 2 is 2.36 bits per heavy atom. The van der Waals surface area contributed by atoms with Crippen molar-refractivity contribution in [2.24, 2.45) is 0 Å². The van der Waals surface area contributed by atoms with Crippen LogP contribution in [0.2, 0.25) is 0 Å². The van der Waals surface area contributed by atoms with Gasteiger partial charge >= 0.3 is 0 Å². The Morgan fingerprint density at radius 3 is 2.91 bits per heavy atom. The molecule has 0 saturated carbocycles. The summed E-state index contributed by atoms with van der Waals surface area (Å²) in [7, 11) is 0. The number of pyridine rings is 1. The average molecular weight is 154 g/mol. The van der Waals surface area contributed by atoms with Crippen molar-refractivity contribution in [1.29, 1.82) is 0 Å². The number of rotatable bonds is 3. The number of aliphatic hydroxyl groups is 1. The van der Waals surface area contributed by atoms with Crippen molar-refractivity contribution in [2.75, 3.05) is 18.9 Å². The van der Waals surface area contributed by atoms with Crippen LogP contribution in [-0.4, -0.2) is 23.3 Å². The maximum Gasteiger partial charge on any atom is 0.137 e. The van der Waals surface area contributed by atoms with Crippen LogP contribution in [0.15, 0.2) is 18.3 Å². The molecule has 0 spiro atoms. The summed E-state index contributed by atoms with van der Waals surface area (Å²) >= 11 is 0. The van der Waals surface area contributed by atoms with Crippen molar-refractivity contribution in [3.63, 3.8) is 0 Å². The first kappa shape index (κ1) is 7.81. The van der Waals surface area contributed by atoms with E-state index in [0.29, 0.717) is 11.6 Å². The van der Waals surface area contributed by atoms with Gasteiger partial charge in [0, 0.05) is 0 Å². The van der Waals surface area contributed by atoms with Crippen LogP contribution in [-0.2, 0) is 0 Å². The molecule has 0 unspecified atom stereocenters. The third kappa shape index (κ3) is 2.43. The Balaban J connectivity index is 2.52. The quantitative estimate of drug-likeness (QED) is 0.644. The fourth-order valence-corrected chi connectivity index (χ4v) is 0.641. The predicted octanol–water partition coefficient (Wildman–Crippen LogP) is 0.0349. The highest BCUT2D eigenvalue weighted by Crippen LogP contribution is 2.08. The van der Waals surface area contributed by atoms with Gasteiger partial charge in [-0.3, -0.25) is 0 Å². The topological polar surface area (TPSA) is 68.4 Å². The molecule has 0 radical (unpaired) electrons. The van der Waals surface area contributed by atoms with Crippen LogP contribution in [0.25, 0.3) is 0 Å². The molecule has 0 atom stereocenters. The van der Waals surface area contributed by atoms with Crippen molar-refractivity contribution in [2.45, 2.75) is 0 Å². The van der Waals surface area contributed by atoms with E-state index >= 15 is 0 Å². The summed E-state index contributed by atoms with van der Waals surface area (Å²) in [6, 6.07) is 3.35. The van der Waals surface area contributed by atoms with Gasteiger partial charge in [-0.15, -0.1) is 0 Å². The zero-order chi connectivity index (χ0) is 8.10. The second-order valence-electron chi connectivity index (χ2n) is 1.99. The maximum absolute atomic E-state index is 8.41. The molecule has 1 aromatic rings. The van der Waals surface area contributed by atoms with Crippen LogP contribution >= 0.6 is 0 Å². The Kier molecular flexibility index (Phi) is 2.68. The van der Waals surface area contributed by atoms with E-state index in [0.717, 1.165) is 0 Å². The summed E-state index contributed by atoms with van der Waals surface area (Å²) in [5.41, 5.74) is 5.34. The summed E-state index contributed by atoms with van der Waals surface area (Å²) in [6.07, 6.45) is 1.52. The zero-order valence-corrected chi connectivity index (χ0v) is 6.03. The van der Waals surface area contributed by atoms with Gasteiger partial charge < -0.3 is 15.6 Å². The lowest BCUT2D eigenvalue weighted by Crippen LogP contribution is -2.02. The summed E-state index contributed by atoms with van der Waals surface area (Å²) in [6.45, 7) is 0.288. The summed E-state index contributed by atoms with van der Waals surface area (Å²) < 4.78 is 5.04. The molecule has 0 fully saturated rings. The number of aliphatic hydroxyl groups excluding tert-OH is 1. The minimum Gasteiger partial charge on any atom is -0.490 e. The highest BCUT2D eigenvalue weighted by molar-refractivity contribution is 5.31. The Hall–Kier alpha value is -1.29. The Labute approximate surface area is 64.6 Å². The van der Waals surface area contributed by atoms with E-state index < -0.39 is 0 Å². The van der Waals surface area contributed by atoms with Gasteiger partial charge in [-0.1, -0.05) is 0 Å². The van der Waals surface area contributed by atoms with Gasteiger partial charge in [-0.2, -0.15) is 0 Å². The third-order valence-electron chi connectivity index (χ3n) is 1.12. The first-order valence-corrected chi connectivity index (χ1v) is 3.28. The SMILES string of the molecule is Nc1ccc(OCCO)cn1. The number of hydrogen-bond acceptors (Lipinski definition) is 4. The monoisotopic (exact) mass is 154 g/mol. The van der Waals surface area contributed by atoms with Crippen LogP contribution in [0.1, 0.15) is 0 Å². The van der Waals surface area contributed by atoms with Crippen LogP contribution in [0.3, 0.4) is 0 Å². The molecule has 1 rings (SSSR count). The molecule has 0 aliphatic heterocycles. The van der Waals surface area contributed by atoms with E-state index in [1.54, 1.807) is 12.1 Å². The number of nitrogens with zero attached hydrogens (tertiary/aromatic N) is 1. The standard InChI is InChI=1S/C7H10N2O2/c8-7-2-1-6(5-9-7)11-4-3-10/h1-2,5,10H,3-4H2,(H2,8,9). The fourth-order valence-electron chi connectivity index (χ4n) is 0.641. The highest BCUT2D eigenvalue weighted by atomic mass is 16.5. The Morgan fingerprint density at radius 1 is 1.55 bits per heavy atom. The van der Waals surface area contributed by atoms with Crippen molar-refractivity contribution in [3.05, 3.63) is 18.3 Å². The molecule has 0 aliphatic rings. The van der Waals surface area contributed by atoms with Crippen molar-refractivity contribution in [1.82, 2.24) is 4.98 Å². The molecule has 0 saturated heterocycles. The molecule has 1 heterocycles. The van der Waals surface area contributed by atoms with Crippen LogP contribution in [0.4, 0.5) is 5.82 Å². The second kappa shape index (κ2) is 3.78.